The Morgan fingerprint density at radius 2 is 1.88 bits per heavy atom. The first kappa shape index (κ1) is 22.4. The fourth-order valence-corrected chi connectivity index (χ4v) is 3.77. The summed E-state index contributed by atoms with van der Waals surface area (Å²) in [6.07, 6.45) is 0. The van der Waals surface area contributed by atoms with Crippen molar-refractivity contribution < 1.29 is 27.5 Å². The third kappa shape index (κ3) is 5.94. The maximum absolute atomic E-state index is 12.5. The van der Waals surface area contributed by atoms with Crippen LogP contribution in [0.1, 0.15) is 24.2 Å². The van der Waals surface area contributed by atoms with Crippen molar-refractivity contribution in [3.05, 3.63) is 28.8 Å². The van der Waals surface area contributed by atoms with E-state index in [9.17, 15) is 18.0 Å². The zero-order chi connectivity index (χ0) is 19.7. The number of nitrogens with one attached hydrogen (secondary N) is 1. The van der Waals surface area contributed by atoms with E-state index in [4.69, 9.17) is 21.1 Å². The Labute approximate surface area is 158 Å². The molecule has 0 aliphatic rings. The molecule has 1 amide bonds. The number of carbonyl (C=O) groups is 2. The van der Waals surface area contributed by atoms with Crippen molar-refractivity contribution in [3.8, 4) is 0 Å². The normalized spacial score (nSPS) is 11.4. The van der Waals surface area contributed by atoms with Crippen LogP contribution in [0.4, 0.5) is 0 Å². The van der Waals surface area contributed by atoms with Crippen molar-refractivity contribution in [2.24, 2.45) is 0 Å². The predicted octanol–water partition coefficient (Wildman–Crippen LogP) is 1.29. The number of amides is 1. The van der Waals surface area contributed by atoms with Crippen LogP contribution in [0, 0.1) is 0 Å². The van der Waals surface area contributed by atoms with Gasteiger partial charge in [0.1, 0.15) is 0 Å². The van der Waals surface area contributed by atoms with Gasteiger partial charge in [0.2, 0.25) is 10.0 Å². The molecular weight excluding hydrogens is 384 g/mol. The van der Waals surface area contributed by atoms with E-state index in [2.05, 4.69) is 5.32 Å². The third-order valence-electron chi connectivity index (χ3n) is 3.46. The number of carbonyl (C=O) groups excluding carboxylic acids is 2. The molecule has 0 heterocycles. The van der Waals surface area contributed by atoms with E-state index in [0.717, 1.165) is 6.07 Å². The summed E-state index contributed by atoms with van der Waals surface area (Å²) in [6, 6.07) is 3.79. The molecule has 146 valence electrons. The Bertz CT molecular complexity index is 734. The van der Waals surface area contributed by atoms with Crippen LogP contribution in [0.25, 0.3) is 0 Å². The lowest BCUT2D eigenvalue weighted by Gasteiger charge is -2.19. The minimum absolute atomic E-state index is 0.0355. The lowest BCUT2D eigenvalue weighted by Crippen LogP contribution is -2.31. The van der Waals surface area contributed by atoms with Crippen LogP contribution in [0.3, 0.4) is 0 Å². The van der Waals surface area contributed by atoms with Crippen molar-refractivity contribution in [2.75, 3.05) is 40.0 Å². The van der Waals surface area contributed by atoms with E-state index in [0.29, 0.717) is 19.7 Å². The first-order chi connectivity index (χ1) is 12.3. The van der Waals surface area contributed by atoms with Crippen LogP contribution in [0.5, 0.6) is 0 Å². The van der Waals surface area contributed by atoms with Crippen molar-refractivity contribution in [2.45, 2.75) is 18.7 Å². The van der Waals surface area contributed by atoms with E-state index in [-0.39, 0.29) is 22.0 Å². The zero-order valence-electron chi connectivity index (χ0n) is 15.0. The van der Waals surface area contributed by atoms with Crippen LogP contribution >= 0.6 is 11.6 Å². The molecule has 26 heavy (non-hydrogen) atoms. The highest BCUT2D eigenvalue weighted by Crippen LogP contribution is 2.23. The van der Waals surface area contributed by atoms with Crippen molar-refractivity contribution in [1.29, 1.82) is 0 Å². The Kier molecular flexibility index (Phi) is 9.00. The number of methoxy groups -OCH3 is 1. The van der Waals surface area contributed by atoms with E-state index < -0.39 is 28.5 Å². The molecule has 0 fully saturated rings. The summed E-state index contributed by atoms with van der Waals surface area (Å²) >= 11 is 5.98. The highest BCUT2D eigenvalue weighted by atomic mass is 35.5. The summed E-state index contributed by atoms with van der Waals surface area (Å²) in [4.78, 5) is 23.7. The van der Waals surface area contributed by atoms with Crippen LogP contribution in [0.15, 0.2) is 23.1 Å². The minimum atomic E-state index is -3.75. The van der Waals surface area contributed by atoms with Gasteiger partial charge in [-0.25, -0.2) is 13.2 Å². The Hall–Kier alpha value is -1.68. The van der Waals surface area contributed by atoms with Crippen molar-refractivity contribution in [1.82, 2.24) is 9.62 Å². The summed E-state index contributed by atoms with van der Waals surface area (Å²) in [5.41, 5.74) is -0.121. The molecule has 0 bridgehead atoms. The highest BCUT2D eigenvalue weighted by molar-refractivity contribution is 7.89. The fraction of sp³-hybridized carbons (Fsp3) is 0.500. The summed E-state index contributed by atoms with van der Waals surface area (Å²) in [6.45, 7) is 4.13. The largest absolute Gasteiger partial charge is 0.452 e. The lowest BCUT2D eigenvalue weighted by atomic mass is 10.2. The fourth-order valence-electron chi connectivity index (χ4n) is 2.09. The topological polar surface area (TPSA) is 102 Å². The van der Waals surface area contributed by atoms with E-state index >= 15 is 0 Å². The molecule has 1 rings (SSSR count). The first-order valence-corrected chi connectivity index (χ1v) is 9.82. The van der Waals surface area contributed by atoms with Gasteiger partial charge in [0.05, 0.1) is 22.1 Å². The number of hydrogen-bond acceptors (Lipinski definition) is 6. The predicted molar refractivity (Wildman–Crippen MR) is 96.7 cm³/mol. The molecule has 0 radical (unpaired) electrons. The second-order valence-corrected chi connectivity index (χ2v) is 7.50. The molecule has 0 saturated heterocycles. The monoisotopic (exact) mass is 406 g/mol. The molecular formula is C16H23ClN2O6S. The average molecular weight is 407 g/mol. The van der Waals surface area contributed by atoms with Crippen molar-refractivity contribution >= 4 is 33.5 Å². The van der Waals surface area contributed by atoms with Gasteiger partial charge in [-0.3, -0.25) is 4.79 Å². The molecule has 8 nitrogen and oxygen atoms in total. The van der Waals surface area contributed by atoms with Crippen molar-refractivity contribution in [3.63, 3.8) is 0 Å². The van der Waals surface area contributed by atoms with Crippen LogP contribution in [0.2, 0.25) is 5.02 Å². The number of sulfonamides is 1. The molecule has 1 aromatic carbocycles. The van der Waals surface area contributed by atoms with Gasteiger partial charge in [-0.15, -0.1) is 0 Å². The lowest BCUT2D eigenvalue weighted by molar-refractivity contribution is -0.124. The Morgan fingerprint density at radius 3 is 2.46 bits per heavy atom. The second-order valence-electron chi connectivity index (χ2n) is 5.15. The minimum Gasteiger partial charge on any atom is -0.452 e. The van der Waals surface area contributed by atoms with Gasteiger partial charge in [-0.2, -0.15) is 4.31 Å². The number of hydrogen-bond donors (Lipinski definition) is 1. The number of ether oxygens (including phenoxy) is 2. The van der Waals surface area contributed by atoms with Gasteiger partial charge >= 0.3 is 5.97 Å². The van der Waals surface area contributed by atoms with E-state index in [1.807, 2.05) is 0 Å². The highest BCUT2D eigenvalue weighted by Gasteiger charge is 2.24. The maximum Gasteiger partial charge on any atom is 0.340 e. The summed E-state index contributed by atoms with van der Waals surface area (Å²) in [5, 5.41) is 2.53. The van der Waals surface area contributed by atoms with Crippen LogP contribution < -0.4 is 5.32 Å². The van der Waals surface area contributed by atoms with Gasteiger partial charge in [0, 0.05) is 26.7 Å². The average Bonchev–Trinajstić information content (AvgIpc) is 2.61. The number of halogens is 1. The maximum atomic E-state index is 12.5. The number of rotatable bonds is 10. The molecule has 0 saturated carbocycles. The van der Waals surface area contributed by atoms with Gasteiger partial charge in [-0.05, 0) is 18.2 Å². The van der Waals surface area contributed by atoms with E-state index in [1.165, 1.54) is 23.5 Å². The molecule has 0 atom stereocenters. The number of benzene rings is 1. The Morgan fingerprint density at radius 1 is 1.23 bits per heavy atom. The quantitative estimate of drug-likeness (QED) is 0.464. The van der Waals surface area contributed by atoms with Crippen LogP contribution in [-0.2, 0) is 24.3 Å². The summed E-state index contributed by atoms with van der Waals surface area (Å²) < 4.78 is 36.0. The molecule has 0 aliphatic heterocycles. The van der Waals surface area contributed by atoms with Gasteiger partial charge in [0.15, 0.2) is 6.61 Å². The number of nitrogens with zero attached hydrogens (tertiary/aromatic N) is 1. The molecule has 10 heteroatoms. The smallest absolute Gasteiger partial charge is 0.340 e. The molecule has 0 unspecified atom stereocenters. The van der Waals surface area contributed by atoms with Gasteiger partial charge in [-0.1, -0.05) is 25.4 Å². The molecule has 1 aromatic rings. The molecule has 0 aliphatic carbocycles. The first-order valence-electron chi connectivity index (χ1n) is 8.00. The molecule has 1 N–H and O–H groups in total. The van der Waals surface area contributed by atoms with E-state index in [1.54, 1.807) is 13.8 Å². The van der Waals surface area contributed by atoms with Gasteiger partial charge in [0.25, 0.3) is 5.91 Å². The Balaban J connectivity index is 2.90. The summed E-state index contributed by atoms with van der Waals surface area (Å²) in [5.74, 6) is -1.38. The second kappa shape index (κ2) is 10.5. The summed E-state index contributed by atoms with van der Waals surface area (Å²) in [7, 11) is -2.25. The van der Waals surface area contributed by atoms with Crippen LogP contribution in [-0.4, -0.2) is 64.6 Å². The van der Waals surface area contributed by atoms with Gasteiger partial charge < -0.3 is 14.8 Å². The molecule has 0 aromatic heterocycles. The SMILES string of the molecule is CCN(CC)S(=O)(=O)c1ccc(Cl)c(C(=O)OCC(=O)NCCOC)c1. The molecule has 0 spiro atoms. The zero-order valence-corrected chi connectivity index (χ0v) is 16.5. The standard InChI is InChI=1S/C16H23ClN2O6S/c1-4-19(5-2)26(22,23)12-6-7-14(17)13(10-12)16(21)25-11-15(20)18-8-9-24-3/h6-7,10H,4-5,8-9,11H2,1-3H3,(H,18,20). The third-order valence-corrected chi connectivity index (χ3v) is 5.84. The number of esters is 1.